The molecule has 0 saturated carbocycles. The lowest BCUT2D eigenvalue weighted by Gasteiger charge is -2.07. The van der Waals surface area contributed by atoms with Crippen molar-refractivity contribution in [2.24, 2.45) is 5.10 Å². The van der Waals surface area contributed by atoms with E-state index in [9.17, 15) is 9.18 Å². The molecule has 0 spiro atoms. The van der Waals surface area contributed by atoms with Gasteiger partial charge >= 0.3 is 0 Å². The Morgan fingerprint density at radius 2 is 2.12 bits per heavy atom. The molecule has 9 heteroatoms. The lowest BCUT2D eigenvalue weighted by molar-refractivity contribution is -0.123. The van der Waals surface area contributed by atoms with Crippen LogP contribution >= 0.6 is 0 Å². The smallest absolute Gasteiger partial charge is 0.277 e. The predicted molar refractivity (Wildman–Crippen MR) is 91.4 cm³/mol. The summed E-state index contributed by atoms with van der Waals surface area (Å²) in [6, 6.07) is 12.9. The summed E-state index contributed by atoms with van der Waals surface area (Å²) < 4.78 is 19.8. The van der Waals surface area contributed by atoms with Crippen LogP contribution in [0.3, 0.4) is 0 Å². The average molecular weight is 354 g/mol. The van der Waals surface area contributed by atoms with Crippen molar-refractivity contribution in [1.29, 1.82) is 0 Å². The van der Waals surface area contributed by atoms with Gasteiger partial charge in [-0.3, -0.25) is 4.79 Å². The second-order valence-electron chi connectivity index (χ2n) is 5.28. The zero-order valence-electron chi connectivity index (χ0n) is 13.8. The predicted octanol–water partition coefficient (Wildman–Crippen LogP) is 1.72. The number of hydrazone groups is 1. The molecule has 0 aliphatic carbocycles. The Kier molecular flexibility index (Phi) is 5.28. The van der Waals surface area contributed by atoms with Crippen LogP contribution in [0, 0.1) is 5.82 Å². The number of hydrogen-bond acceptors (Lipinski definition) is 6. The monoisotopic (exact) mass is 354 g/mol. The summed E-state index contributed by atoms with van der Waals surface area (Å²) in [6.07, 6.45) is 1.48. The zero-order chi connectivity index (χ0) is 18.4. The van der Waals surface area contributed by atoms with Gasteiger partial charge < -0.3 is 4.74 Å². The summed E-state index contributed by atoms with van der Waals surface area (Å²) in [7, 11) is 0. The van der Waals surface area contributed by atoms with Gasteiger partial charge in [-0.15, -0.1) is 5.10 Å². The molecule has 0 fully saturated rings. The molecule has 1 N–H and O–H groups in total. The molecule has 3 aromatic rings. The van der Waals surface area contributed by atoms with Crippen molar-refractivity contribution in [1.82, 2.24) is 25.6 Å². The number of ether oxygens (including phenoxy) is 1. The molecule has 1 amide bonds. The number of carbonyl (C=O) groups is 1. The highest BCUT2D eigenvalue weighted by Crippen LogP contribution is 2.12. The normalized spacial score (nSPS) is 11.2. The maximum atomic E-state index is 13.1. The van der Waals surface area contributed by atoms with Crippen LogP contribution < -0.4 is 10.2 Å². The number of nitrogens with zero attached hydrogens (tertiary/aromatic N) is 5. The second kappa shape index (κ2) is 7.97. The molecule has 0 unspecified atom stereocenters. The van der Waals surface area contributed by atoms with Crippen molar-refractivity contribution in [3.63, 3.8) is 0 Å². The molecule has 1 heterocycles. The number of carbonyl (C=O) groups excluding carboxylic acids is 1. The maximum Gasteiger partial charge on any atom is 0.277 e. The number of amides is 1. The number of hydrogen-bond donors (Lipinski definition) is 1. The van der Waals surface area contributed by atoms with Crippen molar-refractivity contribution < 1.29 is 13.9 Å². The van der Waals surface area contributed by atoms with Crippen LogP contribution in [0.25, 0.3) is 5.69 Å². The molecule has 0 aliphatic rings. The Morgan fingerprint density at radius 3 is 2.88 bits per heavy atom. The maximum absolute atomic E-state index is 13.1. The van der Waals surface area contributed by atoms with Gasteiger partial charge in [-0.1, -0.05) is 18.2 Å². The van der Waals surface area contributed by atoms with E-state index in [2.05, 4.69) is 26.1 Å². The highest BCUT2D eigenvalue weighted by molar-refractivity contribution is 5.99. The number of tetrazole rings is 1. The van der Waals surface area contributed by atoms with Crippen molar-refractivity contribution in [2.75, 3.05) is 6.61 Å². The van der Waals surface area contributed by atoms with Gasteiger partial charge in [0.05, 0.1) is 11.4 Å². The first kappa shape index (κ1) is 17.2. The van der Waals surface area contributed by atoms with Gasteiger partial charge in [0.2, 0.25) is 0 Å². The Morgan fingerprint density at radius 1 is 1.27 bits per heavy atom. The topological polar surface area (TPSA) is 94.3 Å². The minimum absolute atomic E-state index is 0.273. The fourth-order valence-corrected chi connectivity index (χ4v) is 2.10. The lowest BCUT2D eigenvalue weighted by atomic mass is 10.1. The number of rotatable bonds is 6. The van der Waals surface area contributed by atoms with Gasteiger partial charge in [-0.05, 0) is 47.2 Å². The van der Waals surface area contributed by atoms with Crippen molar-refractivity contribution >= 4 is 11.6 Å². The number of nitrogens with one attached hydrogen (secondary N) is 1. The van der Waals surface area contributed by atoms with E-state index in [1.54, 1.807) is 13.0 Å². The van der Waals surface area contributed by atoms with Crippen LogP contribution in [-0.4, -0.2) is 38.4 Å². The molecule has 132 valence electrons. The third kappa shape index (κ3) is 4.47. The van der Waals surface area contributed by atoms with Crippen molar-refractivity contribution in [3.05, 3.63) is 66.2 Å². The summed E-state index contributed by atoms with van der Waals surface area (Å²) in [5.41, 5.74) is 4.56. The first-order valence-electron chi connectivity index (χ1n) is 7.67. The van der Waals surface area contributed by atoms with Crippen LogP contribution in [0.5, 0.6) is 5.75 Å². The molecule has 0 radical (unpaired) electrons. The van der Waals surface area contributed by atoms with Crippen LogP contribution in [0.4, 0.5) is 4.39 Å². The van der Waals surface area contributed by atoms with Gasteiger partial charge in [-0.2, -0.15) is 5.10 Å². The highest BCUT2D eigenvalue weighted by atomic mass is 19.1. The zero-order valence-corrected chi connectivity index (χ0v) is 13.8. The molecule has 2 aromatic carbocycles. The second-order valence-corrected chi connectivity index (χ2v) is 5.28. The molecule has 8 nitrogen and oxygen atoms in total. The lowest BCUT2D eigenvalue weighted by Crippen LogP contribution is -2.25. The SMILES string of the molecule is C/C(=N/NC(=O)COc1cccc(F)c1)c1cccc(-n2cnnn2)c1. The first-order valence-corrected chi connectivity index (χ1v) is 7.67. The van der Waals surface area contributed by atoms with E-state index < -0.39 is 11.7 Å². The van der Waals surface area contributed by atoms with Crippen molar-refractivity contribution in [2.45, 2.75) is 6.92 Å². The van der Waals surface area contributed by atoms with E-state index in [1.807, 2.05) is 24.3 Å². The van der Waals surface area contributed by atoms with Gasteiger partial charge in [0.1, 0.15) is 17.9 Å². The molecule has 0 saturated heterocycles. The number of halogens is 1. The first-order chi connectivity index (χ1) is 12.6. The molecular formula is C17H15FN6O2. The third-order valence-corrected chi connectivity index (χ3v) is 3.39. The van der Waals surface area contributed by atoms with Crippen LogP contribution in [-0.2, 0) is 4.79 Å². The highest BCUT2D eigenvalue weighted by Gasteiger charge is 2.05. The number of aromatic nitrogens is 4. The van der Waals surface area contributed by atoms with Gasteiger partial charge in [0.25, 0.3) is 5.91 Å². The Balaban J connectivity index is 1.59. The molecule has 0 atom stereocenters. The Bertz CT molecular complexity index is 927. The van der Waals surface area contributed by atoms with E-state index in [0.717, 1.165) is 11.3 Å². The van der Waals surface area contributed by atoms with E-state index in [4.69, 9.17) is 4.74 Å². The molecule has 0 aliphatic heterocycles. The Labute approximate surface area is 148 Å². The fraction of sp³-hybridized carbons (Fsp3) is 0.118. The van der Waals surface area contributed by atoms with E-state index in [0.29, 0.717) is 5.71 Å². The van der Waals surface area contributed by atoms with Gasteiger partial charge in [-0.25, -0.2) is 14.5 Å². The fourth-order valence-electron chi connectivity index (χ4n) is 2.10. The minimum atomic E-state index is -0.453. The van der Waals surface area contributed by atoms with Crippen LogP contribution in [0.15, 0.2) is 60.0 Å². The largest absolute Gasteiger partial charge is 0.484 e. The van der Waals surface area contributed by atoms with Gasteiger partial charge in [0.15, 0.2) is 6.61 Å². The molecule has 0 bridgehead atoms. The quantitative estimate of drug-likeness (QED) is 0.537. The molecule has 1 aromatic heterocycles. The Hall–Kier alpha value is -3.62. The van der Waals surface area contributed by atoms with E-state index in [1.165, 1.54) is 29.2 Å². The standard InChI is InChI=1S/C17H15FN6O2/c1-12(13-4-2-6-15(8-13)24-11-19-22-23-24)20-21-17(25)10-26-16-7-3-5-14(18)9-16/h2-9,11H,10H2,1H3,(H,21,25)/b20-12-. The number of benzene rings is 2. The average Bonchev–Trinajstić information content (AvgIpc) is 3.19. The van der Waals surface area contributed by atoms with Gasteiger partial charge in [0, 0.05) is 6.07 Å². The van der Waals surface area contributed by atoms with Crippen molar-refractivity contribution in [3.8, 4) is 11.4 Å². The molecule has 3 rings (SSSR count). The molecular weight excluding hydrogens is 339 g/mol. The van der Waals surface area contributed by atoms with Crippen LogP contribution in [0.2, 0.25) is 0 Å². The van der Waals surface area contributed by atoms with E-state index in [-0.39, 0.29) is 12.4 Å². The summed E-state index contributed by atoms with van der Waals surface area (Å²) >= 11 is 0. The third-order valence-electron chi connectivity index (χ3n) is 3.39. The summed E-state index contributed by atoms with van der Waals surface area (Å²) in [5, 5.41) is 15.1. The summed E-state index contributed by atoms with van der Waals surface area (Å²) in [6.45, 7) is 1.48. The molecule has 26 heavy (non-hydrogen) atoms. The summed E-state index contributed by atoms with van der Waals surface area (Å²) in [5.74, 6) is -0.612. The van der Waals surface area contributed by atoms with E-state index >= 15 is 0 Å². The van der Waals surface area contributed by atoms with Crippen LogP contribution in [0.1, 0.15) is 12.5 Å². The minimum Gasteiger partial charge on any atom is -0.484 e. The summed E-state index contributed by atoms with van der Waals surface area (Å²) in [4.78, 5) is 11.8.